The van der Waals surface area contributed by atoms with Crippen LogP contribution in [0.25, 0.3) is 10.8 Å². The number of anilines is 1. The van der Waals surface area contributed by atoms with E-state index >= 15 is 0 Å². The molecule has 3 aromatic carbocycles. The fraction of sp³-hybridized carbons (Fsp3) is 0. The fourth-order valence-electron chi connectivity index (χ4n) is 2.74. The minimum atomic E-state index is -0.438. The summed E-state index contributed by atoms with van der Waals surface area (Å²) in [6.45, 7) is 0. The smallest absolute Gasteiger partial charge is 0.276 e. The second-order valence-electron chi connectivity index (χ2n) is 5.81. The van der Waals surface area contributed by atoms with Gasteiger partial charge in [-0.3, -0.25) is 9.59 Å². The lowest BCUT2D eigenvalue weighted by Gasteiger charge is -2.12. The van der Waals surface area contributed by atoms with E-state index in [0.717, 1.165) is 0 Å². The molecule has 0 unspecified atom stereocenters. The molecular weight excluding hydrogens is 342 g/mol. The van der Waals surface area contributed by atoms with Gasteiger partial charge < -0.3 is 10.1 Å². The monoisotopic (exact) mass is 357 g/mol. The van der Waals surface area contributed by atoms with Crippen LogP contribution in [0, 0.1) is 0 Å². The fourth-order valence-corrected chi connectivity index (χ4v) is 2.74. The highest BCUT2D eigenvalue weighted by Gasteiger charge is 2.16. The maximum absolute atomic E-state index is 12.8. The van der Waals surface area contributed by atoms with Gasteiger partial charge in [-0.05, 0) is 30.3 Å². The Bertz CT molecular complexity index is 1170. The Kier molecular flexibility index (Phi) is 4.37. The lowest BCUT2D eigenvalue weighted by molar-refractivity contribution is 0.102. The van der Waals surface area contributed by atoms with Crippen LogP contribution in [0.1, 0.15) is 10.5 Å². The van der Waals surface area contributed by atoms with E-state index in [0.29, 0.717) is 28.0 Å². The van der Waals surface area contributed by atoms with Gasteiger partial charge in [0.25, 0.3) is 11.5 Å². The quantitative estimate of drug-likeness (QED) is 0.579. The number of carbonyl (C=O) groups is 1. The first-order valence-corrected chi connectivity index (χ1v) is 8.33. The van der Waals surface area contributed by atoms with Crippen molar-refractivity contribution in [2.75, 3.05) is 5.32 Å². The van der Waals surface area contributed by atoms with E-state index in [1.54, 1.807) is 42.5 Å². The molecule has 2 N–H and O–H groups in total. The molecule has 0 aliphatic heterocycles. The molecule has 27 heavy (non-hydrogen) atoms. The summed E-state index contributed by atoms with van der Waals surface area (Å²) in [6.07, 6.45) is 0. The number of carbonyl (C=O) groups excluding carboxylic acids is 1. The van der Waals surface area contributed by atoms with E-state index in [9.17, 15) is 9.59 Å². The first kappa shape index (κ1) is 16.5. The lowest BCUT2D eigenvalue weighted by atomic mass is 10.1. The van der Waals surface area contributed by atoms with Crippen LogP contribution in [0.5, 0.6) is 11.5 Å². The molecule has 0 saturated carbocycles. The van der Waals surface area contributed by atoms with Crippen molar-refractivity contribution in [3.63, 3.8) is 0 Å². The second kappa shape index (κ2) is 7.13. The molecule has 1 aromatic heterocycles. The van der Waals surface area contributed by atoms with Gasteiger partial charge in [-0.15, -0.1) is 0 Å². The van der Waals surface area contributed by atoms with E-state index in [1.165, 1.54) is 0 Å². The predicted molar refractivity (Wildman–Crippen MR) is 103 cm³/mol. The van der Waals surface area contributed by atoms with Crippen LogP contribution in [0.15, 0.2) is 83.7 Å². The summed E-state index contributed by atoms with van der Waals surface area (Å²) in [6, 6.07) is 23.3. The van der Waals surface area contributed by atoms with Crippen LogP contribution in [0.3, 0.4) is 0 Å². The Balaban J connectivity index is 1.67. The largest absolute Gasteiger partial charge is 0.455 e. The molecule has 0 saturated heterocycles. The summed E-state index contributed by atoms with van der Waals surface area (Å²) < 4.78 is 5.86. The standard InChI is InChI=1S/C21H15N3O3/c25-20-16-11-5-4-10-15(16)19(23-24-20)21(26)22-17-12-6-7-13-18(17)27-14-8-2-1-3-9-14/h1-13H,(H,22,26)(H,24,25). The minimum Gasteiger partial charge on any atom is -0.455 e. The molecule has 0 spiro atoms. The van der Waals surface area contributed by atoms with Gasteiger partial charge in [-0.2, -0.15) is 5.10 Å². The number of amides is 1. The molecule has 4 rings (SSSR count). The van der Waals surface area contributed by atoms with Crippen LogP contribution in [-0.2, 0) is 0 Å². The number of para-hydroxylation sites is 3. The van der Waals surface area contributed by atoms with Crippen LogP contribution in [-0.4, -0.2) is 16.1 Å². The van der Waals surface area contributed by atoms with E-state index in [1.807, 2.05) is 36.4 Å². The van der Waals surface area contributed by atoms with Gasteiger partial charge in [0.15, 0.2) is 11.4 Å². The third-order valence-corrected chi connectivity index (χ3v) is 4.02. The van der Waals surface area contributed by atoms with Crippen molar-refractivity contribution in [2.45, 2.75) is 0 Å². The van der Waals surface area contributed by atoms with E-state index in [4.69, 9.17) is 4.74 Å². The number of aromatic amines is 1. The van der Waals surface area contributed by atoms with Crippen molar-refractivity contribution < 1.29 is 9.53 Å². The molecule has 0 bridgehead atoms. The number of aromatic nitrogens is 2. The average Bonchev–Trinajstić information content (AvgIpc) is 2.71. The van der Waals surface area contributed by atoms with E-state index in [2.05, 4.69) is 15.5 Å². The van der Waals surface area contributed by atoms with Gasteiger partial charge in [0, 0.05) is 5.39 Å². The predicted octanol–water partition coefficient (Wildman–Crippen LogP) is 3.97. The minimum absolute atomic E-state index is 0.139. The second-order valence-corrected chi connectivity index (χ2v) is 5.81. The number of fused-ring (bicyclic) bond motifs is 1. The van der Waals surface area contributed by atoms with Gasteiger partial charge >= 0.3 is 0 Å². The first-order chi connectivity index (χ1) is 13.2. The average molecular weight is 357 g/mol. The number of hydrogen-bond acceptors (Lipinski definition) is 4. The zero-order valence-corrected chi connectivity index (χ0v) is 14.2. The summed E-state index contributed by atoms with van der Waals surface area (Å²) in [5, 5.41) is 10.00. The lowest BCUT2D eigenvalue weighted by Crippen LogP contribution is -2.19. The van der Waals surface area contributed by atoms with Crippen LogP contribution in [0.2, 0.25) is 0 Å². The molecule has 0 radical (unpaired) electrons. The number of H-pyrrole nitrogens is 1. The normalized spacial score (nSPS) is 10.5. The summed E-state index contributed by atoms with van der Waals surface area (Å²) in [5.41, 5.74) is 0.304. The maximum Gasteiger partial charge on any atom is 0.276 e. The van der Waals surface area contributed by atoms with Gasteiger partial charge in [-0.1, -0.05) is 48.5 Å². The van der Waals surface area contributed by atoms with Gasteiger partial charge in [0.05, 0.1) is 11.1 Å². The van der Waals surface area contributed by atoms with E-state index in [-0.39, 0.29) is 11.3 Å². The summed E-state index contributed by atoms with van der Waals surface area (Å²) in [7, 11) is 0. The highest BCUT2D eigenvalue weighted by atomic mass is 16.5. The Morgan fingerprint density at radius 2 is 1.52 bits per heavy atom. The topological polar surface area (TPSA) is 84.1 Å². The van der Waals surface area contributed by atoms with Crippen molar-refractivity contribution in [1.29, 1.82) is 0 Å². The molecule has 0 fully saturated rings. The summed E-state index contributed by atoms with van der Waals surface area (Å²) in [5.74, 6) is 0.726. The SMILES string of the molecule is O=C(Nc1ccccc1Oc1ccccc1)c1n[nH]c(=O)c2ccccc12. The molecule has 132 valence electrons. The molecule has 6 heteroatoms. The zero-order chi connectivity index (χ0) is 18.6. The Morgan fingerprint density at radius 1 is 0.852 bits per heavy atom. The summed E-state index contributed by atoms with van der Waals surface area (Å²) >= 11 is 0. The maximum atomic E-state index is 12.8. The highest BCUT2D eigenvalue weighted by molar-refractivity contribution is 6.11. The van der Waals surface area contributed by atoms with Crippen molar-refractivity contribution in [1.82, 2.24) is 10.2 Å². The number of rotatable bonds is 4. The Labute approximate surface area is 154 Å². The molecule has 0 atom stereocenters. The molecule has 1 amide bonds. The number of ether oxygens (including phenoxy) is 1. The molecule has 0 aliphatic rings. The van der Waals surface area contributed by atoms with Gasteiger partial charge in [0.1, 0.15) is 5.75 Å². The van der Waals surface area contributed by atoms with Crippen LogP contribution >= 0.6 is 0 Å². The number of nitrogens with zero attached hydrogens (tertiary/aromatic N) is 1. The van der Waals surface area contributed by atoms with Crippen molar-refractivity contribution >= 4 is 22.4 Å². The number of nitrogens with one attached hydrogen (secondary N) is 2. The summed E-state index contributed by atoms with van der Waals surface area (Å²) in [4.78, 5) is 24.7. The van der Waals surface area contributed by atoms with Gasteiger partial charge in [-0.25, -0.2) is 5.10 Å². The molecule has 1 heterocycles. The van der Waals surface area contributed by atoms with Crippen molar-refractivity contribution in [3.8, 4) is 11.5 Å². The Hall–Kier alpha value is -3.93. The molecule has 0 aliphatic carbocycles. The Morgan fingerprint density at radius 3 is 2.33 bits per heavy atom. The number of hydrogen-bond donors (Lipinski definition) is 2. The highest BCUT2D eigenvalue weighted by Crippen LogP contribution is 2.29. The van der Waals surface area contributed by atoms with Crippen LogP contribution < -0.4 is 15.6 Å². The third kappa shape index (κ3) is 3.41. The molecular formula is C21H15N3O3. The van der Waals surface area contributed by atoms with Crippen molar-refractivity contribution in [2.24, 2.45) is 0 Å². The number of benzene rings is 3. The first-order valence-electron chi connectivity index (χ1n) is 8.33. The van der Waals surface area contributed by atoms with E-state index < -0.39 is 5.91 Å². The third-order valence-electron chi connectivity index (χ3n) is 4.02. The molecule has 6 nitrogen and oxygen atoms in total. The van der Waals surface area contributed by atoms with Gasteiger partial charge in [0.2, 0.25) is 0 Å². The van der Waals surface area contributed by atoms with Crippen LogP contribution in [0.4, 0.5) is 5.69 Å². The van der Waals surface area contributed by atoms with Crippen molar-refractivity contribution in [3.05, 3.63) is 94.9 Å². The molecule has 4 aromatic rings. The zero-order valence-electron chi connectivity index (χ0n) is 14.2.